The SMILES string of the molecule is CCNC(=NCCS(=O)(=O)CC)N1CCN(c2ccc(F)cc2)CC1. The second-order valence-electron chi connectivity index (χ2n) is 5.92. The Bertz CT molecular complexity index is 668. The number of guanidine groups is 1. The third-order valence-electron chi connectivity index (χ3n) is 4.21. The number of halogens is 1. The maximum atomic E-state index is 13.0. The molecular weight excluding hydrogens is 343 g/mol. The lowest BCUT2D eigenvalue weighted by Gasteiger charge is -2.37. The van der Waals surface area contributed by atoms with Crippen molar-refractivity contribution >= 4 is 21.5 Å². The van der Waals surface area contributed by atoms with Crippen LogP contribution in [0.4, 0.5) is 10.1 Å². The third-order valence-corrected chi connectivity index (χ3v) is 5.89. The molecule has 0 atom stereocenters. The molecule has 1 aliphatic heterocycles. The first-order chi connectivity index (χ1) is 11.9. The maximum Gasteiger partial charge on any atom is 0.194 e. The Labute approximate surface area is 149 Å². The van der Waals surface area contributed by atoms with Gasteiger partial charge in [0.2, 0.25) is 0 Å². The van der Waals surface area contributed by atoms with E-state index in [2.05, 4.69) is 20.1 Å². The van der Waals surface area contributed by atoms with Gasteiger partial charge in [-0.25, -0.2) is 12.8 Å². The molecule has 0 aliphatic carbocycles. The molecule has 0 radical (unpaired) electrons. The van der Waals surface area contributed by atoms with E-state index in [0.29, 0.717) is 0 Å². The minimum absolute atomic E-state index is 0.0773. The van der Waals surface area contributed by atoms with E-state index in [1.807, 2.05) is 6.92 Å². The van der Waals surface area contributed by atoms with Crippen molar-refractivity contribution in [3.63, 3.8) is 0 Å². The number of benzene rings is 1. The molecule has 1 fully saturated rings. The molecule has 1 aromatic rings. The van der Waals surface area contributed by atoms with Crippen LogP contribution in [0.3, 0.4) is 0 Å². The second kappa shape index (κ2) is 9.03. The van der Waals surface area contributed by atoms with Gasteiger partial charge in [0.25, 0.3) is 0 Å². The average molecular weight is 370 g/mol. The Morgan fingerprint density at radius 2 is 1.80 bits per heavy atom. The van der Waals surface area contributed by atoms with Crippen LogP contribution >= 0.6 is 0 Å². The highest BCUT2D eigenvalue weighted by Crippen LogP contribution is 2.16. The van der Waals surface area contributed by atoms with Crippen LogP contribution in [0.15, 0.2) is 29.3 Å². The molecular formula is C17H27FN4O2S. The van der Waals surface area contributed by atoms with Crippen LogP contribution in [-0.4, -0.2) is 70.1 Å². The largest absolute Gasteiger partial charge is 0.368 e. The Morgan fingerprint density at radius 1 is 1.16 bits per heavy atom. The van der Waals surface area contributed by atoms with Gasteiger partial charge in [0.1, 0.15) is 5.82 Å². The summed E-state index contributed by atoms with van der Waals surface area (Å²) in [4.78, 5) is 8.81. The summed E-state index contributed by atoms with van der Waals surface area (Å²) in [5.41, 5.74) is 1.01. The standard InChI is InChI=1S/C17H27FN4O2S/c1-3-19-17(20-9-14-25(23,24)4-2)22-12-10-21(11-13-22)16-7-5-15(18)6-8-16/h5-8H,3-4,9-14H2,1-2H3,(H,19,20). The van der Waals surface area contributed by atoms with Crippen LogP contribution in [0.5, 0.6) is 0 Å². The fourth-order valence-electron chi connectivity index (χ4n) is 2.69. The lowest BCUT2D eigenvalue weighted by Crippen LogP contribution is -2.52. The topological polar surface area (TPSA) is 65.0 Å². The third kappa shape index (κ3) is 5.88. The number of piperazine rings is 1. The van der Waals surface area contributed by atoms with Crippen molar-refractivity contribution in [1.29, 1.82) is 0 Å². The van der Waals surface area contributed by atoms with Crippen molar-refractivity contribution in [3.8, 4) is 0 Å². The lowest BCUT2D eigenvalue weighted by molar-refractivity contribution is 0.373. The summed E-state index contributed by atoms with van der Waals surface area (Å²) in [5, 5.41) is 3.23. The molecule has 0 bridgehead atoms. The van der Waals surface area contributed by atoms with E-state index in [0.717, 1.165) is 44.4 Å². The van der Waals surface area contributed by atoms with Gasteiger partial charge in [-0.3, -0.25) is 4.99 Å². The zero-order valence-corrected chi connectivity index (χ0v) is 15.7. The van der Waals surface area contributed by atoms with Crippen molar-refractivity contribution < 1.29 is 12.8 Å². The minimum Gasteiger partial charge on any atom is -0.368 e. The van der Waals surface area contributed by atoms with E-state index in [1.165, 1.54) is 12.1 Å². The Hall–Kier alpha value is -1.83. The molecule has 0 amide bonds. The fraction of sp³-hybridized carbons (Fsp3) is 0.588. The van der Waals surface area contributed by atoms with Gasteiger partial charge in [-0.2, -0.15) is 0 Å². The number of anilines is 1. The van der Waals surface area contributed by atoms with E-state index in [1.54, 1.807) is 19.1 Å². The van der Waals surface area contributed by atoms with E-state index in [4.69, 9.17) is 0 Å². The highest BCUT2D eigenvalue weighted by molar-refractivity contribution is 7.91. The predicted molar refractivity (Wildman–Crippen MR) is 100 cm³/mol. The highest BCUT2D eigenvalue weighted by Gasteiger charge is 2.20. The van der Waals surface area contributed by atoms with Gasteiger partial charge < -0.3 is 15.1 Å². The van der Waals surface area contributed by atoms with Crippen molar-refractivity contribution in [3.05, 3.63) is 30.1 Å². The van der Waals surface area contributed by atoms with Crippen molar-refractivity contribution in [2.45, 2.75) is 13.8 Å². The number of nitrogens with one attached hydrogen (secondary N) is 1. The summed E-state index contributed by atoms with van der Waals surface area (Å²) in [6, 6.07) is 6.53. The number of rotatable bonds is 6. The zero-order valence-electron chi connectivity index (χ0n) is 14.9. The van der Waals surface area contributed by atoms with Crippen LogP contribution in [-0.2, 0) is 9.84 Å². The van der Waals surface area contributed by atoms with E-state index in [-0.39, 0.29) is 23.9 Å². The summed E-state index contributed by atoms with van der Waals surface area (Å²) in [7, 11) is -3.00. The number of aliphatic imine (C=N–C) groups is 1. The lowest BCUT2D eigenvalue weighted by atomic mass is 10.2. The maximum absolute atomic E-state index is 13.0. The Balaban J connectivity index is 1.94. The van der Waals surface area contributed by atoms with Gasteiger partial charge in [-0.1, -0.05) is 6.92 Å². The summed E-state index contributed by atoms with van der Waals surface area (Å²) < 4.78 is 36.2. The Kier molecular flexibility index (Phi) is 7.04. The van der Waals surface area contributed by atoms with Gasteiger partial charge in [-0.05, 0) is 31.2 Å². The first kappa shape index (κ1) is 19.5. The second-order valence-corrected chi connectivity index (χ2v) is 8.40. The smallest absolute Gasteiger partial charge is 0.194 e. The summed E-state index contributed by atoms with van der Waals surface area (Å²) >= 11 is 0. The molecule has 2 rings (SSSR count). The highest BCUT2D eigenvalue weighted by atomic mass is 32.2. The molecule has 1 aromatic carbocycles. The molecule has 0 unspecified atom stereocenters. The van der Waals surface area contributed by atoms with Crippen LogP contribution < -0.4 is 10.2 Å². The number of nitrogens with zero attached hydrogens (tertiary/aromatic N) is 3. The number of hydrogen-bond acceptors (Lipinski definition) is 4. The minimum atomic E-state index is -3.00. The summed E-state index contributed by atoms with van der Waals surface area (Å²) in [5.74, 6) is 0.752. The molecule has 6 nitrogen and oxygen atoms in total. The molecule has 25 heavy (non-hydrogen) atoms. The van der Waals surface area contributed by atoms with Crippen LogP contribution in [0.2, 0.25) is 0 Å². The van der Waals surface area contributed by atoms with Crippen LogP contribution in [0.1, 0.15) is 13.8 Å². The van der Waals surface area contributed by atoms with Gasteiger partial charge in [0.15, 0.2) is 15.8 Å². The summed E-state index contributed by atoms with van der Waals surface area (Å²) in [6.45, 7) is 7.83. The molecule has 8 heteroatoms. The zero-order chi connectivity index (χ0) is 18.3. The molecule has 140 valence electrons. The van der Waals surface area contributed by atoms with Crippen molar-refractivity contribution in [1.82, 2.24) is 10.2 Å². The Morgan fingerprint density at radius 3 is 2.36 bits per heavy atom. The molecule has 0 saturated carbocycles. The normalized spacial score (nSPS) is 16.2. The van der Waals surface area contributed by atoms with E-state index in [9.17, 15) is 12.8 Å². The number of hydrogen-bond donors (Lipinski definition) is 1. The van der Waals surface area contributed by atoms with E-state index >= 15 is 0 Å². The average Bonchev–Trinajstić information content (AvgIpc) is 2.62. The predicted octanol–water partition coefficient (Wildman–Crippen LogP) is 1.35. The number of sulfone groups is 1. The first-order valence-electron chi connectivity index (χ1n) is 8.69. The van der Waals surface area contributed by atoms with Gasteiger partial charge in [-0.15, -0.1) is 0 Å². The molecule has 0 spiro atoms. The quantitative estimate of drug-likeness (QED) is 0.605. The van der Waals surface area contributed by atoms with Crippen LogP contribution in [0.25, 0.3) is 0 Å². The monoisotopic (exact) mass is 370 g/mol. The molecule has 1 N–H and O–H groups in total. The van der Waals surface area contributed by atoms with Gasteiger partial charge in [0.05, 0.1) is 12.3 Å². The molecule has 1 aliphatic rings. The fourth-order valence-corrected chi connectivity index (χ4v) is 3.35. The molecule has 0 aromatic heterocycles. The van der Waals surface area contributed by atoms with Crippen LogP contribution in [0, 0.1) is 5.82 Å². The first-order valence-corrected chi connectivity index (χ1v) is 10.5. The summed E-state index contributed by atoms with van der Waals surface area (Å²) in [6.07, 6.45) is 0. The van der Waals surface area contributed by atoms with Crippen molar-refractivity contribution in [2.75, 3.05) is 55.7 Å². The van der Waals surface area contributed by atoms with E-state index < -0.39 is 9.84 Å². The van der Waals surface area contributed by atoms with Crippen molar-refractivity contribution in [2.24, 2.45) is 4.99 Å². The van der Waals surface area contributed by atoms with Gasteiger partial charge in [0, 0.05) is 44.2 Å². The molecule has 1 heterocycles. The molecule has 1 saturated heterocycles. The van der Waals surface area contributed by atoms with Gasteiger partial charge >= 0.3 is 0 Å².